The number of hydrogen-bond acceptors (Lipinski definition) is 6. The fourth-order valence-electron chi connectivity index (χ4n) is 4.11. The first-order chi connectivity index (χ1) is 19.7. The highest BCUT2D eigenvalue weighted by atomic mass is 35.5. The molecule has 6 nitrogen and oxygen atoms in total. The molecule has 0 aliphatic rings. The number of ether oxygens (including phenoxy) is 2. The molecule has 2 aromatic carbocycles. The molecule has 41 heavy (non-hydrogen) atoms. The van der Waals surface area contributed by atoms with E-state index in [9.17, 15) is 0 Å². The molecule has 4 aromatic heterocycles. The van der Waals surface area contributed by atoms with Crippen LogP contribution in [0.3, 0.4) is 0 Å². The molecule has 0 amide bonds. The average Bonchev–Trinajstić information content (AvgIpc) is 3.73. The van der Waals surface area contributed by atoms with Crippen molar-refractivity contribution < 1.29 is 9.47 Å². The minimum atomic E-state index is 0.368. The van der Waals surface area contributed by atoms with E-state index >= 15 is 0 Å². The van der Waals surface area contributed by atoms with Crippen LogP contribution >= 0.6 is 57.9 Å². The van der Waals surface area contributed by atoms with Gasteiger partial charge in [-0.2, -0.15) is 4.37 Å². The maximum absolute atomic E-state index is 6.29. The van der Waals surface area contributed by atoms with Crippen molar-refractivity contribution in [1.29, 1.82) is 0 Å². The molecule has 0 saturated carbocycles. The van der Waals surface area contributed by atoms with Crippen LogP contribution in [0.15, 0.2) is 54.9 Å². The summed E-state index contributed by atoms with van der Waals surface area (Å²) in [5.74, 6) is 2.25. The zero-order valence-corrected chi connectivity index (χ0v) is 26.8. The molecule has 0 saturated heterocycles. The third-order valence-corrected chi connectivity index (χ3v) is 8.96. The molecular formula is C30H29Cl3N4O2S2. The Bertz CT molecular complexity index is 1760. The first-order valence-electron chi connectivity index (χ1n) is 13.1. The van der Waals surface area contributed by atoms with E-state index in [0.717, 1.165) is 31.6 Å². The summed E-state index contributed by atoms with van der Waals surface area (Å²) < 4.78 is 19.6. The second-order valence-corrected chi connectivity index (χ2v) is 13.2. The molecule has 214 valence electrons. The van der Waals surface area contributed by atoms with Crippen LogP contribution < -0.4 is 9.47 Å². The van der Waals surface area contributed by atoms with Crippen molar-refractivity contribution in [3.63, 3.8) is 0 Å². The van der Waals surface area contributed by atoms with Gasteiger partial charge >= 0.3 is 0 Å². The molecule has 6 rings (SSSR count). The third-order valence-electron chi connectivity index (χ3n) is 6.45. The van der Waals surface area contributed by atoms with Crippen molar-refractivity contribution in [2.24, 2.45) is 0 Å². The van der Waals surface area contributed by atoms with Crippen LogP contribution in [0, 0.1) is 0 Å². The molecule has 0 unspecified atom stereocenters. The van der Waals surface area contributed by atoms with Crippen molar-refractivity contribution in [2.75, 3.05) is 0 Å². The second-order valence-electron chi connectivity index (χ2n) is 10.2. The molecule has 0 aliphatic heterocycles. The predicted octanol–water partition coefficient (Wildman–Crippen LogP) is 10.6. The van der Waals surface area contributed by atoms with Gasteiger partial charge in [0, 0.05) is 51.5 Å². The van der Waals surface area contributed by atoms with Crippen LogP contribution in [-0.2, 0) is 13.2 Å². The lowest BCUT2D eigenvalue weighted by Gasteiger charge is -2.07. The fraction of sp³-hybridized carbons (Fsp3) is 0.267. The number of H-pyrrole nitrogens is 2. The molecule has 0 fully saturated rings. The van der Waals surface area contributed by atoms with Crippen molar-refractivity contribution in [3.05, 3.63) is 91.1 Å². The van der Waals surface area contributed by atoms with Crippen LogP contribution in [0.1, 0.15) is 60.7 Å². The van der Waals surface area contributed by atoms with Crippen LogP contribution in [0.5, 0.6) is 11.5 Å². The minimum Gasteiger partial charge on any atom is -0.486 e. The maximum Gasteiger partial charge on any atom is 0.140 e. The Hall–Kier alpha value is -2.75. The van der Waals surface area contributed by atoms with Crippen molar-refractivity contribution in [2.45, 2.75) is 52.7 Å². The Labute approximate surface area is 261 Å². The van der Waals surface area contributed by atoms with Crippen molar-refractivity contribution >= 4 is 79.7 Å². The first kappa shape index (κ1) is 29.7. The molecule has 0 aliphatic carbocycles. The van der Waals surface area contributed by atoms with Crippen LogP contribution in [0.25, 0.3) is 21.8 Å². The molecule has 0 atom stereocenters. The number of rotatable bonds is 8. The number of nitrogens with one attached hydrogen (secondary N) is 2. The summed E-state index contributed by atoms with van der Waals surface area (Å²) in [4.78, 5) is 8.77. The van der Waals surface area contributed by atoms with Gasteiger partial charge in [0.2, 0.25) is 0 Å². The van der Waals surface area contributed by atoms with E-state index < -0.39 is 0 Å². The zero-order chi connectivity index (χ0) is 29.1. The van der Waals surface area contributed by atoms with Gasteiger partial charge in [0.15, 0.2) is 0 Å². The standard InChI is InChI=1S/C15H14Cl2N2OS.C15H15ClN2OS/c1-8(2)12-4-9-3-10(16)14(5-13(9)19-12)20-7-15-11(17)6-18-21-15;1-9(2)13-6-10-5-12(16)15(7-14(10)18-13)19-8-11-3-4-17-20-11/h3-6,8,19H,7H2,1-2H3;3-7,9,18H,8H2,1-2H3. The molecule has 0 spiro atoms. The monoisotopic (exact) mass is 646 g/mol. The highest BCUT2D eigenvalue weighted by Crippen LogP contribution is 2.34. The Morgan fingerprint density at radius 1 is 0.707 bits per heavy atom. The molecule has 0 bridgehead atoms. The van der Waals surface area contributed by atoms with E-state index in [1.807, 2.05) is 30.3 Å². The van der Waals surface area contributed by atoms with Gasteiger partial charge in [-0.05, 0) is 65.2 Å². The third kappa shape index (κ3) is 7.19. The van der Waals surface area contributed by atoms with Gasteiger partial charge in [0.1, 0.15) is 24.7 Å². The van der Waals surface area contributed by atoms with Gasteiger partial charge in [-0.25, -0.2) is 4.37 Å². The fourth-order valence-corrected chi connectivity index (χ4v) is 5.86. The number of halogens is 3. The number of aromatic amines is 2. The lowest BCUT2D eigenvalue weighted by Crippen LogP contribution is -1.94. The average molecular weight is 648 g/mol. The van der Waals surface area contributed by atoms with Crippen molar-refractivity contribution in [3.8, 4) is 11.5 Å². The van der Waals surface area contributed by atoms with Gasteiger partial charge in [0.05, 0.1) is 31.0 Å². The smallest absolute Gasteiger partial charge is 0.140 e. The Balaban J connectivity index is 0.000000165. The molecule has 6 aromatic rings. The number of hydrogen-bond donors (Lipinski definition) is 2. The van der Waals surface area contributed by atoms with E-state index in [2.05, 4.69) is 58.5 Å². The van der Waals surface area contributed by atoms with E-state index in [1.165, 1.54) is 34.5 Å². The number of fused-ring (bicyclic) bond motifs is 2. The SMILES string of the molecule is CC(C)c1cc2cc(Cl)c(OCc3ccns3)cc2[nH]1.CC(C)c1cc2cc(Cl)c(OCc3sncc3Cl)cc2[nH]1. The highest BCUT2D eigenvalue weighted by molar-refractivity contribution is 7.06. The number of aromatic nitrogens is 4. The maximum atomic E-state index is 6.29. The van der Waals surface area contributed by atoms with Crippen molar-refractivity contribution in [1.82, 2.24) is 18.7 Å². The quantitative estimate of drug-likeness (QED) is 0.172. The van der Waals surface area contributed by atoms with Gasteiger partial charge in [-0.15, -0.1) is 0 Å². The van der Waals surface area contributed by atoms with Crippen LogP contribution in [-0.4, -0.2) is 18.7 Å². The summed E-state index contributed by atoms with van der Waals surface area (Å²) in [7, 11) is 0. The molecule has 4 heterocycles. The number of benzene rings is 2. The number of nitrogens with zero attached hydrogens (tertiary/aromatic N) is 2. The summed E-state index contributed by atoms with van der Waals surface area (Å²) in [5, 5.41) is 4.06. The van der Waals surface area contributed by atoms with E-state index in [1.54, 1.807) is 12.4 Å². The summed E-state index contributed by atoms with van der Waals surface area (Å²) in [6.07, 6.45) is 3.39. The molecule has 11 heteroatoms. The summed E-state index contributed by atoms with van der Waals surface area (Å²) in [6, 6.07) is 14.0. The van der Waals surface area contributed by atoms with Gasteiger partial charge < -0.3 is 19.4 Å². The highest BCUT2D eigenvalue weighted by Gasteiger charge is 2.12. The van der Waals surface area contributed by atoms with Gasteiger partial charge in [-0.3, -0.25) is 0 Å². The Kier molecular flexibility index (Phi) is 9.46. The van der Waals surface area contributed by atoms with Crippen LogP contribution in [0.4, 0.5) is 0 Å². The Morgan fingerprint density at radius 3 is 1.73 bits per heavy atom. The first-order valence-corrected chi connectivity index (χ1v) is 15.7. The topological polar surface area (TPSA) is 75.8 Å². The van der Waals surface area contributed by atoms with Crippen LogP contribution in [0.2, 0.25) is 15.1 Å². The second kappa shape index (κ2) is 13.0. The minimum absolute atomic E-state index is 0.368. The summed E-state index contributed by atoms with van der Waals surface area (Å²) in [5.41, 5.74) is 4.46. The zero-order valence-electron chi connectivity index (χ0n) is 22.9. The Morgan fingerprint density at radius 2 is 1.27 bits per heavy atom. The predicted molar refractivity (Wildman–Crippen MR) is 173 cm³/mol. The van der Waals surface area contributed by atoms with Gasteiger partial charge in [-0.1, -0.05) is 62.5 Å². The van der Waals surface area contributed by atoms with E-state index in [0.29, 0.717) is 51.6 Å². The molecule has 0 radical (unpaired) electrons. The van der Waals surface area contributed by atoms with Gasteiger partial charge in [0.25, 0.3) is 0 Å². The largest absolute Gasteiger partial charge is 0.486 e. The van der Waals surface area contributed by atoms with E-state index in [4.69, 9.17) is 44.3 Å². The summed E-state index contributed by atoms with van der Waals surface area (Å²) in [6.45, 7) is 9.48. The summed E-state index contributed by atoms with van der Waals surface area (Å²) >= 11 is 21.3. The van der Waals surface area contributed by atoms with E-state index in [-0.39, 0.29) is 0 Å². The molecule has 2 N–H and O–H groups in total. The normalized spacial score (nSPS) is 11.4. The lowest BCUT2D eigenvalue weighted by atomic mass is 10.1. The molecular weight excluding hydrogens is 619 g/mol. The lowest BCUT2D eigenvalue weighted by molar-refractivity contribution is 0.310.